The summed E-state index contributed by atoms with van der Waals surface area (Å²) in [5.41, 5.74) is 1.09. The number of nitrogens with one attached hydrogen (secondary N) is 4. The van der Waals surface area contributed by atoms with Crippen LogP contribution in [0.5, 0.6) is 0 Å². The Hall–Kier alpha value is -3.40. The van der Waals surface area contributed by atoms with Crippen molar-refractivity contribution in [3.05, 3.63) is 47.1 Å². The number of aromatic nitrogens is 2. The van der Waals surface area contributed by atoms with Crippen molar-refractivity contribution in [1.82, 2.24) is 35.1 Å². The van der Waals surface area contributed by atoms with Crippen molar-refractivity contribution >= 4 is 75.7 Å². The average Bonchev–Trinajstić information content (AvgIpc) is 3.76. The van der Waals surface area contributed by atoms with Gasteiger partial charge in [-0.2, -0.15) is 0 Å². The fourth-order valence-electron chi connectivity index (χ4n) is 4.83. The van der Waals surface area contributed by atoms with Gasteiger partial charge in [0.25, 0.3) is 11.1 Å². The maximum Gasteiger partial charge on any atom is 0.316 e. The molecule has 0 saturated carbocycles. The Morgan fingerprint density at radius 3 is 2.88 bits per heavy atom. The lowest BCUT2D eigenvalue weighted by molar-refractivity contribution is -0.129. The molecular formula is C27H29N7O5S3. The fraction of sp³-hybridized carbons (Fsp3) is 0.370. The molecule has 5 heterocycles. The maximum absolute atomic E-state index is 12.9. The maximum atomic E-state index is 12.9. The van der Waals surface area contributed by atoms with E-state index in [9.17, 15) is 19.2 Å². The third-order valence-corrected chi connectivity index (χ3v) is 9.94. The van der Waals surface area contributed by atoms with Crippen LogP contribution in [0.4, 0.5) is 9.59 Å². The molecule has 3 aromatic rings. The van der Waals surface area contributed by atoms with E-state index in [0.29, 0.717) is 35.5 Å². The molecule has 220 valence electrons. The Morgan fingerprint density at radius 2 is 2.05 bits per heavy atom. The van der Waals surface area contributed by atoms with Gasteiger partial charge in [0.15, 0.2) is 10.2 Å². The first-order valence-electron chi connectivity index (χ1n) is 13.4. The van der Waals surface area contributed by atoms with Crippen molar-refractivity contribution in [3.8, 4) is 0 Å². The summed E-state index contributed by atoms with van der Waals surface area (Å²) in [5.74, 6) is 0.708. The zero-order valence-corrected chi connectivity index (χ0v) is 25.3. The Labute approximate surface area is 254 Å². The molecule has 0 radical (unpaired) electrons. The Kier molecular flexibility index (Phi) is 8.00. The molecule has 3 aliphatic rings. The Morgan fingerprint density at radius 1 is 1.21 bits per heavy atom. The van der Waals surface area contributed by atoms with Gasteiger partial charge >= 0.3 is 6.03 Å². The van der Waals surface area contributed by atoms with Gasteiger partial charge in [-0.1, -0.05) is 24.1 Å². The Balaban J connectivity index is 0.976. The highest BCUT2D eigenvalue weighted by molar-refractivity contribution is 8.18. The quantitative estimate of drug-likeness (QED) is 0.148. The number of aromatic amines is 1. The van der Waals surface area contributed by atoms with Crippen molar-refractivity contribution in [2.45, 2.75) is 42.7 Å². The number of hydrogen-bond acceptors (Lipinski definition) is 10. The summed E-state index contributed by atoms with van der Waals surface area (Å²) in [6.07, 6.45) is 1.86. The average molecular weight is 628 g/mol. The molecular weight excluding hydrogens is 599 g/mol. The predicted molar refractivity (Wildman–Crippen MR) is 161 cm³/mol. The third-order valence-electron chi connectivity index (χ3n) is 7.03. The number of benzene rings is 1. The normalized spacial score (nSPS) is 21.8. The van der Waals surface area contributed by atoms with E-state index < -0.39 is 5.41 Å². The highest BCUT2D eigenvalue weighted by Gasteiger charge is 2.44. The summed E-state index contributed by atoms with van der Waals surface area (Å²) in [6, 6.07) is 11.1. The van der Waals surface area contributed by atoms with E-state index in [0.717, 1.165) is 28.5 Å². The topological polar surface area (TPSA) is 153 Å². The minimum Gasteiger partial charge on any atom is -0.450 e. The Bertz CT molecular complexity index is 1550. The van der Waals surface area contributed by atoms with Gasteiger partial charge < -0.3 is 25.4 Å². The standard InChI is InChI=1S/C27H29N7O5S3/c1-27(2,14-34-21-18(13-40-34)29-24(37)32-21)23(36)28-10-5-11-33-22(35)19(41-26(33)38)12-15-8-9-20(39-15)42-25-30-16-6-3-4-7-17(16)31-25/h3-4,6-9,12,18,21H,5,10-11,13-14H2,1-2H3,(H,28,36)(H,30,31)(H2,29,32,37)/b19-12-/t18-,21+/m0/s1. The fourth-order valence-corrected chi connectivity index (χ4v) is 7.84. The second-order valence-electron chi connectivity index (χ2n) is 10.7. The van der Waals surface area contributed by atoms with E-state index in [1.807, 2.05) is 42.4 Å². The first-order valence-corrected chi connectivity index (χ1v) is 16.0. The van der Waals surface area contributed by atoms with Crippen LogP contribution < -0.4 is 16.0 Å². The number of rotatable bonds is 10. The number of carbonyl (C=O) groups excluding carboxylic acids is 4. The molecule has 15 heteroatoms. The molecule has 1 aromatic carbocycles. The van der Waals surface area contributed by atoms with Crippen LogP contribution in [0.25, 0.3) is 17.1 Å². The molecule has 42 heavy (non-hydrogen) atoms. The second kappa shape index (κ2) is 11.7. The molecule has 5 amide bonds. The minimum absolute atomic E-state index is 0.0325. The van der Waals surface area contributed by atoms with Gasteiger partial charge in [0.2, 0.25) is 5.91 Å². The zero-order valence-electron chi connectivity index (χ0n) is 22.8. The molecule has 4 N–H and O–H groups in total. The number of para-hydroxylation sites is 2. The van der Waals surface area contributed by atoms with Crippen LogP contribution in [0.15, 0.2) is 56.0 Å². The van der Waals surface area contributed by atoms with Gasteiger partial charge in [-0.3, -0.25) is 19.3 Å². The molecule has 6 rings (SSSR count). The summed E-state index contributed by atoms with van der Waals surface area (Å²) < 4.78 is 7.89. The van der Waals surface area contributed by atoms with Crippen molar-refractivity contribution in [2.75, 3.05) is 25.4 Å². The number of carbonyl (C=O) groups is 4. The van der Waals surface area contributed by atoms with Gasteiger partial charge in [0.1, 0.15) is 11.9 Å². The van der Waals surface area contributed by atoms with Gasteiger partial charge in [0.05, 0.1) is 27.4 Å². The summed E-state index contributed by atoms with van der Waals surface area (Å²) >= 11 is 3.81. The molecule has 12 nitrogen and oxygen atoms in total. The molecule has 3 fully saturated rings. The van der Waals surface area contributed by atoms with E-state index in [2.05, 4.69) is 25.9 Å². The van der Waals surface area contributed by atoms with Crippen LogP contribution in [0.1, 0.15) is 26.0 Å². The molecule has 0 aliphatic carbocycles. The molecule has 3 saturated heterocycles. The number of H-pyrrole nitrogens is 1. The zero-order chi connectivity index (χ0) is 29.4. The van der Waals surface area contributed by atoms with Gasteiger partial charge in [0, 0.05) is 31.5 Å². The third kappa shape index (κ3) is 6.04. The van der Waals surface area contributed by atoms with Crippen LogP contribution in [0.2, 0.25) is 0 Å². The van der Waals surface area contributed by atoms with Crippen LogP contribution >= 0.6 is 35.5 Å². The van der Waals surface area contributed by atoms with E-state index in [-0.39, 0.29) is 46.7 Å². The number of nitrogens with zero attached hydrogens (tertiary/aromatic N) is 3. The number of furan rings is 1. The second-order valence-corrected chi connectivity index (χ2v) is 13.7. The number of amides is 5. The van der Waals surface area contributed by atoms with Crippen LogP contribution in [0, 0.1) is 5.41 Å². The van der Waals surface area contributed by atoms with Crippen molar-refractivity contribution in [2.24, 2.45) is 5.41 Å². The lowest BCUT2D eigenvalue weighted by Gasteiger charge is -2.31. The lowest BCUT2D eigenvalue weighted by atomic mass is 9.92. The van der Waals surface area contributed by atoms with Crippen molar-refractivity contribution in [3.63, 3.8) is 0 Å². The predicted octanol–water partition coefficient (Wildman–Crippen LogP) is 3.85. The lowest BCUT2D eigenvalue weighted by Crippen LogP contribution is -2.48. The molecule has 0 bridgehead atoms. The monoisotopic (exact) mass is 627 g/mol. The van der Waals surface area contributed by atoms with Gasteiger partial charge in [-0.25, -0.2) is 14.1 Å². The minimum atomic E-state index is -0.704. The molecule has 2 atom stereocenters. The van der Waals surface area contributed by atoms with Crippen LogP contribution in [-0.4, -0.2) is 79.9 Å². The van der Waals surface area contributed by atoms with E-state index in [1.165, 1.54) is 16.7 Å². The number of imidazole rings is 1. The van der Waals surface area contributed by atoms with Gasteiger partial charge in [-0.15, -0.1) is 0 Å². The number of hydrogen-bond donors (Lipinski definition) is 4. The highest BCUT2D eigenvalue weighted by atomic mass is 32.2. The van der Waals surface area contributed by atoms with Crippen molar-refractivity contribution < 1.29 is 23.6 Å². The number of fused-ring (bicyclic) bond motifs is 2. The summed E-state index contributed by atoms with van der Waals surface area (Å²) in [4.78, 5) is 59.3. The highest BCUT2D eigenvalue weighted by Crippen LogP contribution is 2.35. The first-order chi connectivity index (χ1) is 20.2. The van der Waals surface area contributed by atoms with E-state index >= 15 is 0 Å². The van der Waals surface area contributed by atoms with Crippen LogP contribution in [0.3, 0.4) is 0 Å². The first kappa shape index (κ1) is 28.7. The van der Waals surface area contributed by atoms with Gasteiger partial charge in [-0.05, 0) is 68.1 Å². The number of thioether (sulfide) groups is 1. The number of urea groups is 1. The largest absolute Gasteiger partial charge is 0.450 e. The van der Waals surface area contributed by atoms with Crippen LogP contribution in [-0.2, 0) is 9.59 Å². The molecule has 0 unspecified atom stereocenters. The van der Waals surface area contributed by atoms with E-state index in [4.69, 9.17) is 4.42 Å². The number of imide groups is 1. The molecule has 3 aliphatic heterocycles. The summed E-state index contributed by atoms with van der Waals surface area (Å²) in [5, 5.41) is 9.64. The van der Waals surface area contributed by atoms with E-state index in [1.54, 1.807) is 30.2 Å². The smallest absolute Gasteiger partial charge is 0.316 e. The molecule has 0 spiro atoms. The molecule has 2 aromatic heterocycles. The SMILES string of the molecule is CC(C)(CN1SC[C@@H]2NC(=O)N[C@@H]21)C(=O)NCCCN1C(=O)S/C(=C\c2ccc(Sc3nc4ccccc4[nH]3)o2)C1=O. The summed E-state index contributed by atoms with van der Waals surface area (Å²) in [7, 11) is 0. The van der Waals surface area contributed by atoms with Crippen molar-refractivity contribution in [1.29, 1.82) is 0 Å². The summed E-state index contributed by atoms with van der Waals surface area (Å²) in [6.45, 7) is 4.69.